The van der Waals surface area contributed by atoms with Crippen molar-refractivity contribution in [3.05, 3.63) is 53.8 Å². The molecule has 1 aliphatic heterocycles. The first-order valence-corrected chi connectivity index (χ1v) is 9.61. The maximum absolute atomic E-state index is 13.8. The third-order valence-electron chi connectivity index (χ3n) is 4.68. The summed E-state index contributed by atoms with van der Waals surface area (Å²) in [5.41, 5.74) is 1.00. The first kappa shape index (κ1) is 17.7. The largest absolute Gasteiger partial charge is 0.497 e. The summed E-state index contributed by atoms with van der Waals surface area (Å²) in [5, 5.41) is 0.482. The first-order chi connectivity index (χ1) is 13.1. The van der Waals surface area contributed by atoms with Crippen LogP contribution in [0.2, 0.25) is 0 Å². The monoisotopic (exact) mass is 386 g/mol. The lowest BCUT2D eigenvalue weighted by atomic mass is 10.1. The van der Waals surface area contributed by atoms with E-state index >= 15 is 0 Å². The Morgan fingerprint density at radius 3 is 2.59 bits per heavy atom. The van der Waals surface area contributed by atoms with E-state index in [-0.39, 0.29) is 17.8 Å². The van der Waals surface area contributed by atoms with E-state index in [0.717, 1.165) is 23.3 Å². The number of hydrogen-bond donors (Lipinski definition) is 0. The molecule has 27 heavy (non-hydrogen) atoms. The van der Waals surface area contributed by atoms with Crippen LogP contribution >= 0.6 is 11.3 Å². The summed E-state index contributed by atoms with van der Waals surface area (Å²) in [6.07, 6.45) is 1.43. The van der Waals surface area contributed by atoms with Crippen LogP contribution in [0.1, 0.15) is 23.2 Å². The number of benzene rings is 2. The number of carbonyl (C=O) groups excluding carboxylic acids is 1. The molecule has 7 heteroatoms. The van der Waals surface area contributed by atoms with Gasteiger partial charge in [0.05, 0.1) is 11.8 Å². The van der Waals surface area contributed by atoms with Gasteiger partial charge in [0.1, 0.15) is 23.2 Å². The van der Waals surface area contributed by atoms with Crippen molar-refractivity contribution in [3.8, 4) is 10.9 Å². The summed E-state index contributed by atoms with van der Waals surface area (Å²) < 4.78 is 25.6. The fourth-order valence-electron chi connectivity index (χ4n) is 3.18. The number of para-hydroxylation sites is 1. The quantitative estimate of drug-likeness (QED) is 0.677. The number of methoxy groups -OCH3 is 1. The predicted molar refractivity (Wildman–Crippen MR) is 102 cm³/mol. The lowest BCUT2D eigenvalue weighted by Gasteiger charge is -2.31. The molecule has 2 heterocycles. The van der Waals surface area contributed by atoms with Gasteiger partial charge in [-0.05, 0) is 36.4 Å². The van der Waals surface area contributed by atoms with E-state index in [1.807, 2.05) is 11.0 Å². The highest BCUT2D eigenvalue weighted by molar-refractivity contribution is 7.20. The van der Waals surface area contributed by atoms with E-state index in [2.05, 4.69) is 4.98 Å². The number of hydrogen-bond acceptors (Lipinski definition) is 5. The average Bonchev–Trinajstić information content (AvgIpc) is 3.12. The van der Waals surface area contributed by atoms with Crippen molar-refractivity contribution < 1.29 is 18.7 Å². The molecule has 1 amide bonds. The Morgan fingerprint density at radius 1 is 1.19 bits per heavy atom. The molecule has 0 saturated carbocycles. The Labute approximate surface area is 160 Å². The Bertz CT molecular complexity index is 950. The van der Waals surface area contributed by atoms with Crippen LogP contribution in [0.25, 0.3) is 10.2 Å². The predicted octanol–water partition coefficient (Wildman–Crippen LogP) is 4.13. The van der Waals surface area contributed by atoms with E-state index in [4.69, 9.17) is 9.47 Å². The number of rotatable bonds is 4. The molecule has 1 aromatic heterocycles. The molecule has 0 N–H and O–H groups in total. The van der Waals surface area contributed by atoms with Gasteiger partial charge in [-0.25, -0.2) is 4.39 Å². The summed E-state index contributed by atoms with van der Waals surface area (Å²) >= 11 is 1.35. The zero-order valence-corrected chi connectivity index (χ0v) is 15.7. The van der Waals surface area contributed by atoms with Crippen molar-refractivity contribution in [1.29, 1.82) is 0 Å². The third kappa shape index (κ3) is 3.73. The van der Waals surface area contributed by atoms with E-state index < -0.39 is 0 Å². The molecule has 4 rings (SSSR count). The second-order valence-corrected chi connectivity index (χ2v) is 7.40. The summed E-state index contributed by atoms with van der Waals surface area (Å²) in [4.78, 5) is 18.7. The Balaban J connectivity index is 1.36. The van der Waals surface area contributed by atoms with Crippen molar-refractivity contribution in [2.75, 3.05) is 20.2 Å². The molecular weight excluding hydrogens is 367 g/mol. The topological polar surface area (TPSA) is 51.7 Å². The van der Waals surface area contributed by atoms with E-state index in [9.17, 15) is 9.18 Å². The number of ether oxygens (including phenoxy) is 2. The van der Waals surface area contributed by atoms with Crippen LogP contribution in [0.4, 0.5) is 4.39 Å². The van der Waals surface area contributed by atoms with Crippen LogP contribution in [-0.2, 0) is 0 Å². The van der Waals surface area contributed by atoms with Gasteiger partial charge in [0.15, 0.2) is 0 Å². The highest BCUT2D eigenvalue weighted by Crippen LogP contribution is 2.31. The molecule has 1 aliphatic rings. The van der Waals surface area contributed by atoms with Gasteiger partial charge in [-0.2, -0.15) is 4.98 Å². The molecule has 3 aromatic rings. The van der Waals surface area contributed by atoms with Crippen molar-refractivity contribution in [2.24, 2.45) is 0 Å². The molecule has 1 saturated heterocycles. The molecule has 1 fully saturated rings. The summed E-state index contributed by atoms with van der Waals surface area (Å²) in [7, 11) is 1.60. The molecule has 0 radical (unpaired) electrons. The third-order valence-corrected chi connectivity index (χ3v) is 5.60. The Morgan fingerprint density at radius 2 is 1.93 bits per heavy atom. The molecule has 0 atom stereocenters. The fourth-order valence-corrected chi connectivity index (χ4v) is 4.08. The smallest absolute Gasteiger partial charge is 0.274 e. The van der Waals surface area contributed by atoms with E-state index in [1.165, 1.54) is 17.4 Å². The lowest BCUT2D eigenvalue weighted by Crippen LogP contribution is -2.41. The number of thiazole rings is 1. The molecular formula is C20H19FN2O3S. The highest BCUT2D eigenvalue weighted by atomic mass is 32.1. The minimum absolute atomic E-state index is 0.0122. The zero-order chi connectivity index (χ0) is 18.8. The second-order valence-electron chi connectivity index (χ2n) is 6.40. The summed E-state index contributed by atoms with van der Waals surface area (Å²) in [5.74, 6) is 0.405. The fraction of sp³-hybridized carbons (Fsp3) is 0.300. The van der Waals surface area contributed by atoms with Crippen LogP contribution in [0.5, 0.6) is 10.9 Å². The number of halogens is 1. The number of piperidine rings is 1. The van der Waals surface area contributed by atoms with Gasteiger partial charge >= 0.3 is 0 Å². The SMILES string of the molecule is COc1ccc(C(=O)N2CCC(Oc3nc4c(F)cccc4s3)CC2)cc1. The van der Waals surface area contributed by atoms with Crippen LogP contribution in [0.15, 0.2) is 42.5 Å². The number of amides is 1. The first-order valence-electron chi connectivity index (χ1n) is 8.79. The van der Waals surface area contributed by atoms with Gasteiger partial charge in [0.2, 0.25) is 0 Å². The standard InChI is InChI=1S/C20H19FN2O3S/c1-25-14-7-5-13(6-8-14)19(24)23-11-9-15(10-12-23)26-20-22-18-16(21)3-2-4-17(18)27-20/h2-8,15H,9-12H2,1H3. The van der Waals surface area contributed by atoms with Crippen molar-refractivity contribution in [1.82, 2.24) is 9.88 Å². The summed E-state index contributed by atoms with van der Waals surface area (Å²) in [6, 6.07) is 12.0. The van der Waals surface area contributed by atoms with Gasteiger partial charge in [0, 0.05) is 31.5 Å². The van der Waals surface area contributed by atoms with E-state index in [1.54, 1.807) is 37.4 Å². The van der Waals surface area contributed by atoms with Crippen molar-refractivity contribution >= 4 is 27.5 Å². The number of likely N-dealkylation sites (tertiary alicyclic amines) is 1. The molecule has 2 aromatic carbocycles. The molecule has 0 spiro atoms. The molecule has 5 nitrogen and oxygen atoms in total. The maximum Gasteiger partial charge on any atom is 0.274 e. The second kappa shape index (κ2) is 7.52. The molecule has 0 bridgehead atoms. The number of fused-ring (bicyclic) bond motifs is 1. The van der Waals surface area contributed by atoms with Gasteiger partial charge in [-0.15, -0.1) is 0 Å². The molecule has 0 aliphatic carbocycles. The Kier molecular flexibility index (Phi) is 4.94. The maximum atomic E-state index is 13.8. The van der Waals surface area contributed by atoms with Crippen LogP contribution in [0, 0.1) is 5.82 Å². The summed E-state index contributed by atoms with van der Waals surface area (Å²) in [6.45, 7) is 1.24. The average molecular weight is 386 g/mol. The minimum Gasteiger partial charge on any atom is -0.497 e. The van der Waals surface area contributed by atoms with Crippen LogP contribution in [0.3, 0.4) is 0 Å². The number of aromatic nitrogens is 1. The highest BCUT2D eigenvalue weighted by Gasteiger charge is 2.25. The normalized spacial score (nSPS) is 15.1. The van der Waals surface area contributed by atoms with Crippen LogP contribution in [-0.4, -0.2) is 42.1 Å². The van der Waals surface area contributed by atoms with E-state index in [0.29, 0.717) is 29.4 Å². The zero-order valence-electron chi connectivity index (χ0n) is 14.9. The van der Waals surface area contributed by atoms with Gasteiger partial charge in [-0.3, -0.25) is 4.79 Å². The molecule has 140 valence electrons. The van der Waals surface area contributed by atoms with Gasteiger partial charge in [0.25, 0.3) is 11.1 Å². The van der Waals surface area contributed by atoms with Crippen molar-refractivity contribution in [2.45, 2.75) is 18.9 Å². The minimum atomic E-state index is -0.335. The number of carbonyl (C=O) groups is 1. The van der Waals surface area contributed by atoms with Crippen molar-refractivity contribution in [3.63, 3.8) is 0 Å². The number of nitrogens with zero attached hydrogens (tertiary/aromatic N) is 2. The van der Waals surface area contributed by atoms with Gasteiger partial charge < -0.3 is 14.4 Å². The van der Waals surface area contributed by atoms with Gasteiger partial charge in [-0.1, -0.05) is 17.4 Å². The lowest BCUT2D eigenvalue weighted by molar-refractivity contribution is 0.0595. The molecule has 0 unspecified atom stereocenters. The van der Waals surface area contributed by atoms with Crippen LogP contribution < -0.4 is 9.47 Å². The Hall–Kier alpha value is -2.67.